The van der Waals surface area contributed by atoms with Crippen LogP contribution in [0.15, 0.2) is 47.4 Å². The number of fused-ring (bicyclic) bond motifs is 1. The maximum atomic E-state index is 12.8. The van der Waals surface area contributed by atoms with Crippen molar-refractivity contribution in [3.63, 3.8) is 0 Å². The van der Waals surface area contributed by atoms with E-state index in [2.05, 4.69) is 63.6 Å². The molecular weight excluding hydrogens is 484 g/mol. The number of aromatic amines is 2. The summed E-state index contributed by atoms with van der Waals surface area (Å²) in [6, 6.07) is 13.8. The van der Waals surface area contributed by atoms with Crippen molar-refractivity contribution >= 4 is 34.1 Å². The van der Waals surface area contributed by atoms with E-state index in [0.717, 1.165) is 47.4 Å². The van der Waals surface area contributed by atoms with Crippen LogP contribution in [0.5, 0.6) is 0 Å². The smallest absolute Gasteiger partial charge is 0.271 e. The molecule has 0 amide bonds. The summed E-state index contributed by atoms with van der Waals surface area (Å²) in [7, 11) is 0. The number of H-pyrrole nitrogens is 2. The van der Waals surface area contributed by atoms with Gasteiger partial charge in [0.25, 0.3) is 5.56 Å². The molecule has 3 heterocycles. The van der Waals surface area contributed by atoms with E-state index in [1.807, 2.05) is 25.3 Å². The van der Waals surface area contributed by atoms with E-state index < -0.39 is 0 Å². The molecule has 2 fully saturated rings. The molecule has 0 bridgehead atoms. The molecule has 7 nitrogen and oxygen atoms in total. The van der Waals surface area contributed by atoms with Crippen molar-refractivity contribution in [3.8, 4) is 11.3 Å². The summed E-state index contributed by atoms with van der Waals surface area (Å²) >= 11 is 6.46. The van der Waals surface area contributed by atoms with Gasteiger partial charge in [-0.15, -0.1) is 0 Å². The predicted molar refractivity (Wildman–Crippen MR) is 151 cm³/mol. The van der Waals surface area contributed by atoms with Crippen LogP contribution >= 0.6 is 11.6 Å². The first-order valence-electron chi connectivity index (χ1n) is 13.1. The molecule has 0 radical (unpaired) electrons. The number of hydrogen-bond acceptors (Lipinski definition) is 5. The zero-order valence-corrected chi connectivity index (χ0v) is 22.2. The first-order chi connectivity index (χ1) is 17.8. The van der Waals surface area contributed by atoms with Crippen LogP contribution in [-0.4, -0.2) is 45.0 Å². The normalized spacial score (nSPS) is 20.4. The third-order valence-corrected chi connectivity index (χ3v) is 7.67. The van der Waals surface area contributed by atoms with E-state index in [4.69, 9.17) is 16.6 Å². The number of rotatable bonds is 6. The predicted octanol–water partition coefficient (Wildman–Crippen LogP) is 5.68. The van der Waals surface area contributed by atoms with E-state index in [-0.39, 0.29) is 10.6 Å². The van der Waals surface area contributed by atoms with Crippen LogP contribution in [0.2, 0.25) is 5.02 Å². The van der Waals surface area contributed by atoms with Crippen molar-refractivity contribution in [1.82, 2.24) is 25.2 Å². The Morgan fingerprint density at radius 2 is 1.89 bits per heavy atom. The van der Waals surface area contributed by atoms with Gasteiger partial charge >= 0.3 is 0 Å². The highest BCUT2D eigenvalue weighted by Crippen LogP contribution is 2.41. The van der Waals surface area contributed by atoms with Crippen LogP contribution in [0.3, 0.4) is 0 Å². The van der Waals surface area contributed by atoms with Crippen molar-refractivity contribution in [2.45, 2.75) is 58.2 Å². The Morgan fingerprint density at radius 1 is 1.11 bits per heavy atom. The molecule has 2 aliphatic rings. The minimum Gasteiger partial charge on any atom is -0.360 e. The number of anilines is 2. The molecule has 6 rings (SSSR count). The fourth-order valence-corrected chi connectivity index (χ4v) is 5.82. The largest absolute Gasteiger partial charge is 0.360 e. The molecule has 1 aliphatic carbocycles. The van der Waals surface area contributed by atoms with E-state index in [0.29, 0.717) is 29.6 Å². The van der Waals surface area contributed by atoms with Crippen LogP contribution in [0.25, 0.3) is 22.2 Å². The summed E-state index contributed by atoms with van der Waals surface area (Å²) < 4.78 is 0. The Balaban J connectivity index is 1.33. The van der Waals surface area contributed by atoms with Gasteiger partial charge in [-0.3, -0.25) is 14.7 Å². The SMILES string of the molecule is Cc1ccc2c(-c3nc(Nc4cc(CN5C[C@@H](C)N[C@@H](C)C5)cc(C5CC5)c4)[nH]c(=O)c3Cl)c[nH]c2c1. The zero-order chi connectivity index (χ0) is 25.7. The van der Waals surface area contributed by atoms with Crippen LogP contribution in [0.1, 0.15) is 49.3 Å². The first-order valence-corrected chi connectivity index (χ1v) is 13.5. The number of aromatic nitrogens is 3. The molecule has 192 valence electrons. The molecule has 1 saturated heterocycles. The van der Waals surface area contributed by atoms with Crippen molar-refractivity contribution in [2.75, 3.05) is 18.4 Å². The van der Waals surface area contributed by atoms with Crippen molar-refractivity contribution < 1.29 is 0 Å². The van der Waals surface area contributed by atoms with Gasteiger partial charge in [0.1, 0.15) is 10.7 Å². The lowest BCUT2D eigenvalue weighted by Crippen LogP contribution is -2.53. The summed E-state index contributed by atoms with van der Waals surface area (Å²) in [5, 5.41) is 8.06. The average Bonchev–Trinajstić information content (AvgIpc) is 3.61. The third kappa shape index (κ3) is 5.17. The second kappa shape index (κ2) is 9.63. The fraction of sp³-hybridized carbons (Fsp3) is 0.379. The standard InChI is InChI=1S/C29H33ClN6O/c1-16-4-7-23-24(12-31-25(23)8-16)27-26(30)28(37)35-29(34-27)33-22-10-19(9-21(11-22)20-5-6-20)15-36-13-17(2)32-18(3)14-36/h4,7-12,17-18,20,31-32H,5-6,13-15H2,1-3H3,(H2,33,34,35,37)/t17-,18+. The van der Waals surface area contributed by atoms with Gasteiger partial charge in [0.05, 0.1) is 0 Å². The van der Waals surface area contributed by atoms with Gasteiger partial charge in [-0.2, -0.15) is 0 Å². The lowest BCUT2D eigenvalue weighted by atomic mass is 10.0. The van der Waals surface area contributed by atoms with Crippen LogP contribution < -0.4 is 16.2 Å². The molecule has 0 spiro atoms. The zero-order valence-electron chi connectivity index (χ0n) is 21.5. The van der Waals surface area contributed by atoms with E-state index >= 15 is 0 Å². The second-order valence-corrected chi connectivity index (χ2v) is 11.2. The summed E-state index contributed by atoms with van der Waals surface area (Å²) in [5.74, 6) is 0.998. The molecule has 0 unspecified atom stereocenters. The number of nitrogens with one attached hydrogen (secondary N) is 4. The molecule has 2 atom stereocenters. The van der Waals surface area contributed by atoms with Gasteiger partial charge < -0.3 is 15.6 Å². The average molecular weight is 517 g/mol. The topological polar surface area (TPSA) is 88.8 Å². The molecule has 1 aliphatic heterocycles. The van der Waals surface area contributed by atoms with Crippen LogP contribution in [0.4, 0.5) is 11.6 Å². The summed E-state index contributed by atoms with van der Waals surface area (Å²) in [5.41, 5.74) is 6.61. The second-order valence-electron chi connectivity index (χ2n) is 10.9. The minimum absolute atomic E-state index is 0.0846. The molecule has 4 aromatic rings. The molecule has 2 aromatic carbocycles. The summed E-state index contributed by atoms with van der Waals surface area (Å²) in [4.78, 5) is 26.2. The van der Waals surface area contributed by atoms with Crippen LogP contribution in [-0.2, 0) is 6.54 Å². The highest BCUT2D eigenvalue weighted by atomic mass is 35.5. The van der Waals surface area contributed by atoms with Gasteiger partial charge in [0.2, 0.25) is 5.95 Å². The minimum atomic E-state index is -0.363. The molecule has 4 N–H and O–H groups in total. The lowest BCUT2D eigenvalue weighted by Gasteiger charge is -2.36. The molecule has 37 heavy (non-hydrogen) atoms. The Morgan fingerprint density at radius 3 is 2.65 bits per heavy atom. The molecular formula is C29H33ClN6O. The van der Waals surface area contributed by atoms with E-state index in [9.17, 15) is 4.79 Å². The number of hydrogen-bond donors (Lipinski definition) is 4. The highest BCUT2D eigenvalue weighted by Gasteiger charge is 2.26. The highest BCUT2D eigenvalue weighted by molar-refractivity contribution is 6.33. The number of benzene rings is 2. The van der Waals surface area contributed by atoms with Gasteiger partial charge in [-0.25, -0.2) is 4.98 Å². The van der Waals surface area contributed by atoms with Gasteiger partial charge in [-0.05, 0) is 74.4 Å². The number of aryl methyl sites for hydroxylation is 1. The van der Waals surface area contributed by atoms with Crippen molar-refractivity contribution in [3.05, 3.63) is 74.7 Å². The number of halogens is 1. The Hall–Kier alpha value is -3.13. The summed E-state index contributed by atoms with van der Waals surface area (Å²) in [6.07, 6.45) is 4.32. The summed E-state index contributed by atoms with van der Waals surface area (Å²) in [6.45, 7) is 9.49. The van der Waals surface area contributed by atoms with E-state index in [1.54, 1.807) is 0 Å². The number of piperazine rings is 1. The maximum absolute atomic E-state index is 12.8. The van der Waals surface area contributed by atoms with Gasteiger partial charge in [0, 0.05) is 60.1 Å². The van der Waals surface area contributed by atoms with E-state index in [1.165, 1.54) is 24.0 Å². The first kappa shape index (κ1) is 24.2. The fourth-order valence-electron chi connectivity index (χ4n) is 5.63. The van der Waals surface area contributed by atoms with Gasteiger partial charge in [0.15, 0.2) is 0 Å². The molecule has 8 heteroatoms. The third-order valence-electron chi connectivity index (χ3n) is 7.32. The molecule has 2 aromatic heterocycles. The van der Waals surface area contributed by atoms with Gasteiger partial charge in [-0.1, -0.05) is 29.8 Å². The maximum Gasteiger partial charge on any atom is 0.271 e. The van der Waals surface area contributed by atoms with Crippen LogP contribution in [0, 0.1) is 6.92 Å². The Bertz CT molecular complexity index is 1510. The van der Waals surface area contributed by atoms with Crippen molar-refractivity contribution in [2.24, 2.45) is 0 Å². The quantitative estimate of drug-likeness (QED) is 0.264. The Kier molecular flexibility index (Phi) is 6.31. The monoisotopic (exact) mass is 516 g/mol. The Labute approximate surface area is 221 Å². The van der Waals surface area contributed by atoms with Crippen molar-refractivity contribution in [1.29, 1.82) is 0 Å². The lowest BCUT2D eigenvalue weighted by molar-refractivity contribution is 0.166. The number of nitrogens with zero attached hydrogens (tertiary/aromatic N) is 2. The molecule has 1 saturated carbocycles.